The Morgan fingerprint density at radius 1 is 0.275 bits per heavy atom. The van der Waals surface area contributed by atoms with Crippen LogP contribution in [0, 0.1) is 0 Å². The fourth-order valence-electron chi connectivity index (χ4n) is 10.3. The van der Waals surface area contributed by atoms with Crippen molar-refractivity contribution in [2.75, 3.05) is 4.90 Å². The average Bonchev–Trinajstić information content (AvgIpc) is 3.98. The molecule has 0 atom stereocenters. The molecule has 11 aromatic carbocycles. The largest absolute Gasteiger partial charge is 0.455 e. The summed E-state index contributed by atoms with van der Waals surface area (Å²) in [6.07, 6.45) is 0. The van der Waals surface area contributed by atoms with Crippen molar-refractivity contribution in [2.24, 2.45) is 0 Å². The van der Waals surface area contributed by atoms with Crippen molar-refractivity contribution in [3.05, 3.63) is 267 Å². The van der Waals surface area contributed by atoms with Crippen LogP contribution in [0.25, 0.3) is 105 Å². The minimum atomic E-state index is 0.890. The summed E-state index contributed by atoms with van der Waals surface area (Å²) in [6.45, 7) is 0. The Balaban J connectivity index is 0.944. The van der Waals surface area contributed by atoms with Crippen LogP contribution in [0.5, 0.6) is 0 Å². The first-order chi connectivity index (χ1) is 34.2. The topological polar surface area (TPSA) is 21.3 Å². The Labute approximate surface area is 401 Å². The van der Waals surface area contributed by atoms with Crippen LogP contribution in [-0.4, -0.2) is 4.57 Å². The summed E-state index contributed by atoms with van der Waals surface area (Å²) in [7, 11) is 0. The number of aromatic nitrogens is 1. The molecule has 69 heavy (non-hydrogen) atoms. The fourth-order valence-corrected chi connectivity index (χ4v) is 10.3. The first-order valence-corrected chi connectivity index (χ1v) is 23.6. The molecule has 13 rings (SSSR count). The van der Waals surface area contributed by atoms with Crippen LogP contribution in [0.3, 0.4) is 0 Å². The Bertz CT molecular complexity index is 4000. The van der Waals surface area contributed by atoms with E-state index in [2.05, 4.69) is 270 Å². The van der Waals surface area contributed by atoms with Crippen LogP contribution < -0.4 is 4.90 Å². The minimum absolute atomic E-state index is 0.890. The highest BCUT2D eigenvalue weighted by molar-refractivity contribution is 6.12. The number of anilines is 3. The fraction of sp³-hybridized carbons (Fsp3) is 0. The monoisotopic (exact) mass is 880 g/mol. The SMILES string of the molecule is c1ccc(-c2ccc(N(c3ccccc3)c3cccc(-c4cccc(-c5cc(-c6ccc7c(c6)c6ccccc6n7-c6ccccc6)cc(-c6cccc7c6oc6ccccc67)c5)c4)c3)cc2)cc1. The van der Waals surface area contributed by atoms with Crippen molar-refractivity contribution in [2.45, 2.75) is 0 Å². The quantitative estimate of drug-likeness (QED) is 0.144. The lowest BCUT2D eigenvalue weighted by atomic mass is 9.91. The van der Waals surface area contributed by atoms with Crippen molar-refractivity contribution in [1.29, 1.82) is 0 Å². The zero-order chi connectivity index (χ0) is 45.7. The van der Waals surface area contributed by atoms with Gasteiger partial charge in [0.05, 0.1) is 11.0 Å². The molecule has 0 aliphatic carbocycles. The highest BCUT2D eigenvalue weighted by Gasteiger charge is 2.18. The van der Waals surface area contributed by atoms with E-state index in [1.165, 1.54) is 32.9 Å². The summed E-state index contributed by atoms with van der Waals surface area (Å²) in [5.74, 6) is 0. The van der Waals surface area contributed by atoms with Gasteiger partial charge in [-0.1, -0.05) is 170 Å². The van der Waals surface area contributed by atoms with Gasteiger partial charge in [0.25, 0.3) is 0 Å². The molecule has 2 heterocycles. The molecular formula is C66H44N2O. The lowest BCUT2D eigenvalue weighted by Gasteiger charge is -2.26. The Morgan fingerprint density at radius 3 is 1.55 bits per heavy atom. The molecule has 0 aliphatic heterocycles. The Morgan fingerprint density at radius 2 is 0.768 bits per heavy atom. The van der Waals surface area contributed by atoms with Gasteiger partial charge in [0.2, 0.25) is 0 Å². The van der Waals surface area contributed by atoms with Crippen LogP contribution in [0.1, 0.15) is 0 Å². The van der Waals surface area contributed by atoms with E-state index < -0.39 is 0 Å². The van der Waals surface area contributed by atoms with Crippen LogP contribution in [0.15, 0.2) is 271 Å². The van der Waals surface area contributed by atoms with Gasteiger partial charge in [0, 0.05) is 49.9 Å². The highest BCUT2D eigenvalue weighted by atomic mass is 16.3. The molecule has 0 spiro atoms. The van der Waals surface area contributed by atoms with Gasteiger partial charge in [-0.25, -0.2) is 0 Å². The summed E-state index contributed by atoms with van der Waals surface area (Å²) < 4.78 is 9.05. The van der Waals surface area contributed by atoms with Gasteiger partial charge >= 0.3 is 0 Å². The van der Waals surface area contributed by atoms with Gasteiger partial charge < -0.3 is 13.9 Å². The van der Waals surface area contributed by atoms with Gasteiger partial charge in [-0.2, -0.15) is 0 Å². The van der Waals surface area contributed by atoms with Gasteiger partial charge in [0.15, 0.2) is 0 Å². The standard InChI is InChI=1S/C66H44N2O/c1-4-17-45(18-5-1)46-33-36-56(37-34-46)67(54-22-6-2-7-23-54)57-26-15-21-49(43-57)47-19-14-20-48(39-47)51-40-52(42-53(41-51)58-29-16-30-61-60-28-11-13-32-65(60)69-66(58)61)50-35-38-64-62(44-50)59-27-10-12-31-63(59)68(64)55-24-8-3-9-25-55/h1-44H. The van der Waals surface area contributed by atoms with E-state index in [1.807, 2.05) is 6.07 Å². The van der Waals surface area contributed by atoms with E-state index in [1.54, 1.807) is 0 Å². The summed E-state index contributed by atoms with van der Waals surface area (Å²) in [5, 5.41) is 4.68. The highest BCUT2D eigenvalue weighted by Crippen LogP contribution is 2.43. The minimum Gasteiger partial charge on any atom is -0.455 e. The van der Waals surface area contributed by atoms with E-state index in [0.717, 1.165) is 89.2 Å². The third-order valence-corrected chi connectivity index (χ3v) is 13.5. The number of para-hydroxylation sites is 5. The normalized spacial score (nSPS) is 11.5. The van der Waals surface area contributed by atoms with E-state index >= 15 is 0 Å². The van der Waals surface area contributed by atoms with Crippen LogP contribution in [0.4, 0.5) is 17.1 Å². The smallest absolute Gasteiger partial charge is 0.143 e. The predicted molar refractivity (Wildman–Crippen MR) is 290 cm³/mol. The van der Waals surface area contributed by atoms with Gasteiger partial charge in [-0.3, -0.25) is 0 Å². The van der Waals surface area contributed by atoms with Crippen LogP contribution in [0.2, 0.25) is 0 Å². The summed E-state index contributed by atoms with van der Waals surface area (Å²) in [6, 6.07) is 96.1. The number of nitrogens with zero attached hydrogens (tertiary/aromatic N) is 2. The molecule has 0 amide bonds. The second-order valence-corrected chi connectivity index (χ2v) is 17.7. The maximum Gasteiger partial charge on any atom is 0.143 e. The first kappa shape index (κ1) is 40.1. The van der Waals surface area contributed by atoms with Crippen molar-refractivity contribution in [3.63, 3.8) is 0 Å². The van der Waals surface area contributed by atoms with Crippen molar-refractivity contribution < 1.29 is 4.42 Å². The molecule has 0 bridgehead atoms. The van der Waals surface area contributed by atoms with Crippen LogP contribution >= 0.6 is 0 Å². The summed E-state index contributed by atoms with van der Waals surface area (Å²) >= 11 is 0. The molecule has 0 unspecified atom stereocenters. The molecule has 0 fully saturated rings. The van der Waals surface area contributed by atoms with E-state index in [-0.39, 0.29) is 0 Å². The maximum absolute atomic E-state index is 6.67. The molecule has 324 valence electrons. The number of benzene rings is 11. The molecule has 0 N–H and O–H groups in total. The molecule has 0 saturated carbocycles. The first-order valence-electron chi connectivity index (χ1n) is 23.6. The van der Waals surface area contributed by atoms with Gasteiger partial charge in [-0.15, -0.1) is 0 Å². The molecule has 0 radical (unpaired) electrons. The van der Waals surface area contributed by atoms with Crippen molar-refractivity contribution in [1.82, 2.24) is 4.57 Å². The van der Waals surface area contributed by atoms with Gasteiger partial charge in [0.1, 0.15) is 11.2 Å². The van der Waals surface area contributed by atoms with E-state index in [9.17, 15) is 0 Å². The molecule has 3 nitrogen and oxygen atoms in total. The maximum atomic E-state index is 6.67. The molecule has 0 aliphatic rings. The lowest BCUT2D eigenvalue weighted by molar-refractivity contribution is 0.670. The van der Waals surface area contributed by atoms with Crippen molar-refractivity contribution in [3.8, 4) is 61.3 Å². The Kier molecular flexibility index (Phi) is 9.84. The third kappa shape index (κ3) is 7.25. The Hall–Kier alpha value is -9.18. The molecular weight excluding hydrogens is 837 g/mol. The molecule has 3 heteroatoms. The third-order valence-electron chi connectivity index (χ3n) is 13.5. The van der Waals surface area contributed by atoms with E-state index in [4.69, 9.17) is 4.42 Å². The van der Waals surface area contributed by atoms with Gasteiger partial charge in [-0.05, 0) is 147 Å². The molecule has 0 saturated heterocycles. The van der Waals surface area contributed by atoms with Crippen molar-refractivity contribution >= 4 is 60.8 Å². The lowest BCUT2D eigenvalue weighted by Crippen LogP contribution is -2.09. The number of rotatable bonds is 9. The zero-order valence-electron chi connectivity index (χ0n) is 37.7. The summed E-state index contributed by atoms with van der Waals surface area (Å²) in [5.41, 5.74) is 20.0. The van der Waals surface area contributed by atoms with Crippen LogP contribution in [-0.2, 0) is 0 Å². The zero-order valence-corrected chi connectivity index (χ0v) is 37.7. The number of hydrogen-bond acceptors (Lipinski definition) is 2. The summed E-state index contributed by atoms with van der Waals surface area (Å²) in [4.78, 5) is 2.34. The molecule has 13 aromatic rings. The number of fused-ring (bicyclic) bond motifs is 6. The molecule has 2 aromatic heterocycles. The average molecular weight is 881 g/mol. The second kappa shape index (κ2) is 16.9. The van der Waals surface area contributed by atoms with E-state index in [0.29, 0.717) is 0 Å². The number of hydrogen-bond donors (Lipinski definition) is 0. The second-order valence-electron chi connectivity index (χ2n) is 17.7. The predicted octanol–water partition coefficient (Wildman–Crippen LogP) is 18.5. The number of furan rings is 1.